The number of carbonyl (C=O) groups is 2. The molecule has 1 rings (SSSR count). The van der Waals surface area contributed by atoms with E-state index in [1.165, 1.54) is 6.92 Å². The van der Waals surface area contributed by atoms with E-state index in [1.807, 2.05) is 6.92 Å². The van der Waals surface area contributed by atoms with E-state index in [9.17, 15) is 9.59 Å². The summed E-state index contributed by atoms with van der Waals surface area (Å²) in [5, 5.41) is 15.4. The Labute approximate surface area is 112 Å². The molecular formula is C13H20N2O4. The van der Waals surface area contributed by atoms with Crippen molar-refractivity contribution in [3.8, 4) is 0 Å². The quantitative estimate of drug-likeness (QED) is 0.817. The van der Waals surface area contributed by atoms with Gasteiger partial charge in [-0.25, -0.2) is 4.79 Å². The Morgan fingerprint density at radius 1 is 1.42 bits per heavy atom. The highest BCUT2D eigenvalue weighted by molar-refractivity contribution is 5.86. The first-order chi connectivity index (χ1) is 8.80. The topological polar surface area (TPSA) is 92.4 Å². The Bertz CT molecular complexity index is 461. The first-order valence-electron chi connectivity index (χ1n) is 6.26. The van der Waals surface area contributed by atoms with Crippen molar-refractivity contribution in [3.63, 3.8) is 0 Å². The number of aromatic nitrogens is 1. The molecule has 1 aromatic heterocycles. The fraction of sp³-hybridized carbons (Fsp3) is 0.615. The predicted molar refractivity (Wildman–Crippen MR) is 68.8 cm³/mol. The van der Waals surface area contributed by atoms with Crippen molar-refractivity contribution in [1.82, 2.24) is 10.5 Å². The molecule has 0 aliphatic heterocycles. The zero-order chi connectivity index (χ0) is 14.6. The lowest BCUT2D eigenvalue weighted by Crippen LogP contribution is -2.51. The molecular weight excluding hydrogens is 248 g/mol. The van der Waals surface area contributed by atoms with E-state index in [1.54, 1.807) is 13.8 Å². The lowest BCUT2D eigenvalue weighted by molar-refractivity contribution is -0.147. The summed E-state index contributed by atoms with van der Waals surface area (Å²) in [5.41, 5.74) is 0.459. The van der Waals surface area contributed by atoms with Gasteiger partial charge in [0.1, 0.15) is 11.3 Å². The normalized spacial score (nSPS) is 13.9. The highest BCUT2D eigenvalue weighted by atomic mass is 16.5. The highest BCUT2D eigenvalue weighted by Gasteiger charge is 2.32. The van der Waals surface area contributed by atoms with Gasteiger partial charge >= 0.3 is 5.97 Å². The average molecular weight is 268 g/mol. The third-order valence-electron chi connectivity index (χ3n) is 3.38. The molecule has 1 atom stereocenters. The van der Waals surface area contributed by atoms with Crippen molar-refractivity contribution < 1.29 is 19.2 Å². The largest absolute Gasteiger partial charge is 0.480 e. The maximum absolute atomic E-state index is 11.8. The molecule has 19 heavy (non-hydrogen) atoms. The zero-order valence-electron chi connectivity index (χ0n) is 11.7. The van der Waals surface area contributed by atoms with Crippen LogP contribution in [-0.2, 0) is 16.0 Å². The summed E-state index contributed by atoms with van der Waals surface area (Å²) >= 11 is 0. The van der Waals surface area contributed by atoms with Crippen LogP contribution in [0.25, 0.3) is 0 Å². The molecule has 106 valence electrons. The van der Waals surface area contributed by atoms with Crippen LogP contribution in [0.15, 0.2) is 4.52 Å². The standard InChI is InChI=1S/C13H20N2O4/c1-5-13(4,12(17)18)14-11(16)7-6-10-8(2)15-19-9(10)3/h5-7H2,1-4H3,(H,14,16)(H,17,18). The average Bonchev–Trinajstić information content (AvgIpc) is 2.66. The van der Waals surface area contributed by atoms with E-state index in [0.717, 1.165) is 11.3 Å². The van der Waals surface area contributed by atoms with Gasteiger partial charge in [0, 0.05) is 12.0 Å². The minimum absolute atomic E-state index is 0.214. The Balaban J connectivity index is 2.60. The van der Waals surface area contributed by atoms with Crippen molar-refractivity contribution in [2.24, 2.45) is 0 Å². The zero-order valence-corrected chi connectivity index (χ0v) is 11.7. The molecule has 0 aromatic carbocycles. The van der Waals surface area contributed by atoms with Crippen LogP contribution in [0.3, 0.4) is 0 Å². The summed E-state index contributed by atoms with van der Waals surface area (Å²) in [7, 11) is 0. The first-order valence-corrected chi connectivity index (χ1v) is 6.26. The Morgan fingerprint density at radius 2 is 2.05 bits per heavy atom. The van der Waals surface area contributed by atoms with E-state index in [2.05, 4.69) is 10.5 Å². The van der Waals surface area contributed by atoms with E-state index < -0.39 is 11.5 Å². The summed E-state index contributed by atoms with van der Waals surface area (Å²) in [6.07, 6.45) is 1.04. The third-order valence-corrected chi connectivity index (χ3v) is 3.38. The smallest absolute Gasteiger partial charge is 0.329 e. The van der Waals surface area contributed by atoms with Crippen LogP contribution in [0.1, 0.15) is 43.7 Å². The van der Waals surface area contributed by atoms with E-state index >= 15 is 0 Å². The van der Waals surface area contributed by atoms with Gasteiger partial charge in [-0.2, -0.15) is 0 Å². The van der Waals surface area contributed by atoms with Crippen LogP contribution in [-0.4, -0.2) is 27.7 Å². The van der Waals surface area contributed by atoms with Crippen LogP contribution in [0.5, 0.6) is 0 Å². The Kier molecular flexibility index (Phi) is 4.69. The van der Waals surface area contributed by atoms with Crippen LogP contribution in [0.4, 0.5) is 0 Å². The Hall–Kier alpha value is -1.85. The predicted octanol–water partition coefficient (Wildman–Crippen LogP) is 1.59. The lowest BCUT2D eigenvalue weighted by Gasteiger charge is -2.24. The number of nitrogens with one attached hydrogen (secondary N) is 1. The fourth-order valence-corrected chi connectivity index (χ4v) is 1.76. The van der Waals surface area contributed by atoms with Gasteiger partial charge in [0.05, 0.1) is 5.69 Å². The van der Waals surface area contributed by atoms with Crippen LogP contribution in [0, 0.1) is 13.8 Å². The molecule has 0 aliphatic carbocycles. The molecule has 0 bridgehead atoms. The number of aliphatic carboxylic acids is 1. The molecule has 6 nitrogen and oxygen atoms in total. The summed E-state index contributed by atoms with van der Waals surface area (Å²) in [6, 6.07) is 0. The molecule has 0 spiro atoms. The molecule has 0 aliphatic rings. The van der Waals surface area contributed by atoms with Crippen LogP contribution < -0.4 is 5.32 Å². The molecule has 1 heterocycles. The maximum atomic E-state index is 11.8. The van der Waals surface area contributed by atoms with Crippen molar-refractivity contribution in [1.29, 1.82) is 0 Å². The van der Waals surface area contributed by atoms with E-state index in [4.69, 9.17) is 9.63 Å². The summed E-state index contributed by atoms with van der Waals surface area (Å²) in [5.74, 6) is -0.616. The monoisotopic (exact) mass is 268 g/mol. The first kappa shape index (κ1) is 15.2. The molecule has 0 radical (unpaired) electrons. The van der Waals surface area contributed by atoms with Crippen molar-refractivity contribution >= 4 is 11.9 Å². The number of hydrogen-bond acceptors (Lipinski definition) is 4. The molecule has 2 N–H and O–H groups in total. The van der Waals surface area contributed by atoms with E-state index in [0.29, 0.717) is 18.6 Å². The van der Waals surface area contributed by atoms with Gasteiger partial charge in [-0.1, -0.05) is 12.1 Å². The molecule has 6 heteroatoms. The second-order valence-corrected chi connectivity index (χ2v) is 4.84. The molecule has 1 unspecified atom stereocenters. The minimum Gasteiger partial charge on any atom is -0.480 e. The SMILES string of the molecule is CCC(C)(NC(=O)CCc1c(C)noc1C)C(=O)O. The van der Waals surface area contributed by atoms with Crippen LogP contribution >= 0.6 is 0 Å². The van der Waals surface area contributed by atoms with Gasteiger partial charge in [-0.3, -0.25) is 4.79 Å². The summed E-state index contributed by atoms with van der Waals surface area (Å²) < 4.78 is 5.01. The number of carboxylic acids is 1. The second kappa shape index (κ2) is 5.86. The number of rotatable bonds is 6. The Morgan fingerprint density at radius 3 is 2.47 bits per heavy atom. The minimum atomic E-state index is -1.21. The van der Waals surface area contributed by atoms with Crippen molar-refractivity contribution in [3.05, 3.63) is 17.0 Å². The van der Waals surface area contributed by atoms with Gasteiger partial charge in [0.25, 0.3) is 0 Å². The number of hydrogen-bond donors (Lipinski definition) is 2. The van der Waals surface area contributed by atoms with Gasteiger partial charge in [-0.05, 0) is 33.6 Å². The number of aryl methyl sites for hydroxylation is 2. The number of carboxylic acid groups (broad SMARTS) is 1. The van der Waals surface area contributed by atoms with Gasteiger partial charge in [0.15, 0.2) is 0 Å². The van der Waals surface area contributed by atoms with Gasteiger partial charge < -0.3 is 14.9 Å². The maximum Gasteiger partial charge on any atom is 0.329 e. The lowest BCUT2D eigenvalue weighted by atomic mass is 9.98. The van der Waals surface area contributed by atoms with Crippen molar-refractivity contribution in [2.45, 2.75) is 52.5 Å². The number of carbonyl (C=O) groups excluding carboxylic acids is 1. The van der Waals surface area contributed by atoms with Gasteiger partial charge in [-0.15, -0.1) is 0 Å². The molecule has 0 fully saturated rings. The number of amides is 1. The number of nitrogens with zero attached hydrogens (tertiary/aromatic N) is 1. The second-order valence-electron chi connectivity index (χ2n) is 4.84. The molecule has 1 amide bonds. The third kappa shape index (κ3) is 3.56. The fourth-order valence-electron chi connectivity index (χ4n) is 1.76. The van der Waals surface area contributed by atoms with Gasteiger partial charge in [0.2, 0.25) is 5.91 Å². The molecule has 1 aromatic rings. The van der Waals surface area contributed by atoms with Crippen molar-refractivity contribution in [2.75, 3.05) is 0 Å². The molecule has 0 saturated heterocycles. The highest BCUT2D eigenvalue weighted by Crippen LogP contribution is 2.15. The summed E-state index contributed by atoms with van der Waals surface area (Å²) in [6.45, 7) is 6.84. The summed E-state index contributed by atoms with van der Waals surface area (Å²) in [4.78, 5) is 22.9. The molecule has 0 saturated carbocycles. The van der Waals surface area contributed by atoms with Crippen LogP contribution in [0.2, 0.25) is 0 Å². The van der Waals surface area contributed by atoms with E-state index in [-0.39, 0.29) is 12.3 Å².